The highest BCUT2D eigenvalue weighted by Gasteiger charge is 2.36. The van der Waals surface area contributed by atoms with Crippen LogP contribution in [0.3, 0.4) is 0 Å². The Bertz CT molecular complexity index is 204. The van der Waals surface area contributed by atoms with Gasteiger partial charge in [-0.05, 0) is 6.08 Å². The monoisotopic (exact) mass is 168 g/mol. The Labute approximate surface area is 59.1 Å². The minimum absolute atomic E-state index is 0.0394. The van der Waals surface area contributed by atoms with Crippen LogP contribution in [0.5, 0.6) is 0 Å². The summed E-state index contributed by atoms with van der Waals surface area (Å²) in [6, 6.07) is 0. The van der Waals surface area contributed by atoms with Crippen LogP contribution in [-0.4, -0.2) is 23.0 Å². The van der Waals surface area contributed by atoms with E-state index < -0.39 is 17.9 Å². The van der Waals surface area contributed by atoms with E-state index in [1.807, 2.05) is 0 Å². The Kier molecular flexibility index (Phi) is 2.79. The van der Waals surface area contributed by atoms with Crippen molar-refractivity contribution in [3.63, 3.8) is 0 Å². The highest BCUT2D eigenvalue weighted by atomic mass is 19.4. The average Bonchev–Trinajstić information content (AvgIpc) is 1.80. The predicted molar refractivity (Wildman–Crippen MR) is 27.8 cm³/mol. The van der Waals surface area contributed by atoms with E-state index in [2.05, 4.69) is 0 Å². The van der Waals surface area contributed by atoms with Crippen LogP contribution in [0.15, 0.2) is 12.2 Å². The lowest BCUT2D eigenvalue weighted by atomic mass is 10.3. The molecule has 62 valence electrons. The van der Waals surface area contributed by atoms with Gasteiger partial charge in [-0.2, -0.15) is 13.2 Å². The number of carbonyl (C=O) groups excluding carboxylic acids is 1. The number of alkyl halides is 3. The standard InChI is InChI=1S/C5H3F3O3/c6-5(7,8)3(9)1-2-4(10)11/h1-2H,(H,10,11)/b2-1-. The number of ketones is 1. The summed E-state index contributed by atoms with van der Waals surface area (Å²) in [7, 11) is 0. The van der Waals surface area contributed by atoms with Crippen LogP contribution in [0.4, 0.5) is 13.2 Å². The molecule has 0 bridgehead atoms. The molecule has 0 aromatic heterocycles. The molecule has 0 rings (SSSR count). The smallest absolute Gasteiger partial charge is 0.454 e. The minimum atomic E-state index is -4.99. The minimum Gasteiger partial charge on any atom is -0.478 e. The van der Waals surface area contributed by atoms with Crippen molar-refractivity contribution < 1.29 is 27.9 Å². The molecule has 0 heterocycles. The molecule has 0 aliphatic carbocycles. The number of carboxylic acid groups (broad SMARTS) is 1. The van der Waals surface area contributed by atoms with Crippen LogP contribution in [0.1, 0.15) is 0 Å². The van der Waals surface area contributed by atoms with E-state index in [9.17, 15) is 22.8 Å². The van der Waals surface area contributed by atoms with E-state index in [1.165, 1.54) is 0 Å². The molecule has 0 aromatic rings. The maximum Gasteiger partial charge on any atom is 0.454 e. The molecule has 0 saturated carbocycles. The first-order chi connectivity index (χ1) is 4.84. The normalized spacial score (nSPS) is 11.9. The highest BCUT2D eigenvalue weighted by Crippen LogP contribution is 2.15. The Morgan fingerprint density at radius 1 is 1.18 bits per heavy atom. The van der Waals surface area contributed by atoms with Crippen molar-refractivity contribution in [1.29, 1.82) is 0 Å². The van der Waals surface area contributed by atoms with E-state index in [0.29, 0.717) is 0 Å². The Balaban J connectivity index is 4.20. The van der Waals surface area contributed by atoms with Gasteiger partial charge in [0.05, 0.1) is 0 Å². The van der Waals surface area contributed by atoms with Crippen molar-refractivity contribution in [3.8, 4) is 0 Å². The molecule has 0 unspecified atom stereocenters. The summed E-state index contributed by atoms with van der Waals surface area (Å²) in [5.41, 5.74) is 0. The van der Waals surface area contributed by atoms with E-state index in [-0.39, 0.29) is 12.2 Å². The number of aliphatic carboxylic acids is 1. The van der Waals surface area contributed by atoms with Gasteiger partial charge in [-0.25, -0.2) is 4.79 Å². The second-order valence-corrected chi connectivity index (χ2v) is 1.53. The Hall–Kier alpha value is -1.33. The lowest BCUT2D eigenvalue weighted by Crippen LogP contribution is -2.20. The van der Waals surface area contributed by atoms with Crippen molar-refractivity contribution in [2.24, 2.45) is 0 Å². The Morgan fingerprint density at radius 2 is 1.64 bits per heavy atom. The number of halogens is 3. The molecule has 6 heteroatoms. The van der Waals surface area contributed by atoms with Crippen LogP contribution >= 0.6 is 0 Å². The van der Waals surface area contributed by atoms with Crippen molar-refractivity contribution in [2.45, 2.75) is 6.18 Å². The quantitative estimate of drug-likeness (QED) is 0.619. The molecule has 0 aromatic carbocycles. The fourth-order valence-corrected chi connectivity index (χ4v) is 0.241. The lowest BCUT2D eigenvalue weighted by Gasteiger charge is -1.97. The molecular formula is C5H3F3O3. The number of hydrogen-bond acceptors (Lipinski definition) is 2. The van der Waals surface area contributed by atoms with Gasteiger partial charge >= 0.3 is 12.1 Å². The topological polar surface area (TPSA) is 54.4 Å². The number of rotatable bonds is 2. The molecular weight excluding hydrogens is 165 g/mol. The van der Waals surface area contributed by atoms with Crippen LogP contribution in [-0.2, 0) is 9.59 Å². The molecule has 0 aliphatic rings. The molecule has 0 spiro atoms. The van der Waals surface area contributed by atoms with Gasteiger partial charge in [-0.1, -0.05) is 0 Å². The first-order valence-electron chi connectivity index (χ1n) is 2.36. The molecule has 3 nitrogen and oxygen atoms in total. The zero-order valence-electron chi connectivity index (χ0n) is 5.05. The summed E-state index contributed by atoms with van der Waals surface area (Å²) in [6.45, 7) is 0. The third-order valence-electron chi connectivity index (χ3n) is 0.657. The van der Waals surface area contributed by atoms with Crippen molar-refractivity contribution >= 4 is 11.8 Å². The van der Waals surface area contributed by atoms with Crippen LogP contribution < -0.4 is 0 Å². The third-order valence-corrected chi connectivity index (χ3v) is 0.657. The van der Waals surface area contributed by atoms with Crippen LogP contribution in [0.25, 0.3) is 0 Å². The van der Waals surface area contributed by atoms with Gasteiger partial charge < -0.3 is 5.11 Å². The van der Waals surface area contributed by atoms with Crippen LogP contribution in [0.2, 0.25) is 0 Å². The first-order valence-corrected chi connectivity index (χ1v) is 2.36. The van der Waals surface area contributed by atoms with E-state index in [0.717, 1.165) is 0 Å². The summed E-state index contributed by atoms with van der Waals surface area (Å²) in [4.78, 5) is 19.5. The van der Waals surface area contributed by atoms with E-state index in [1.54, 1.807) is 0 Å². The fraction of sp³-hybridized carbons (Fsp3) is 0.200. The van der Waals surface area contributed by atoms with Crippen LogP contribution in [0, 0.1) is 0 Å². The van der Waals surface area contributed by atoms with Gasteiger partial charge in [0.25, 0.3) is 5.78 Å². The average molecular weight is 168 g/mol. The largest absolute Gasteiger partial charge is 0.478 e. The summed E-state index contributed by atoms with van der Waals surface area (Å²) in [5.74, 6) is -3.78. The summed E-state index contributed by atoms with van der Waals surface area (Å²) in [5, 5.41) is 7.82. The lowest BCUT2D eigenvalue weighted by molar-refractivity contribution is -0.165. The zero-order valence-corrected chi connectivity index (χ0v) is 5.05. The second kappa shape index (κ2) is 3.18. The molecule has 0 atom stereocenters. The van der Waals surface area contributed by atoms with Gasteiger partial charge in [-0.15, -0.1) is 0 Å². The molecule has 0 amide bonds. The molecule has 1 N–H and O–H groups in total. The van der Waals surface area contributed by atoms with E-state index in [4.69, 9.17) is 5.11 Å². The maximum absolute atomic E-state index is 11.3. The third kappa shape index (κ3) is 4.12. The second-order valence-electron chi connectivity index (χ2n) is 1.53. The maximum atomic E-state index is 11.3. The number of hydrogen-bond donors (Lipinski definition) is 1. The van der Waals surface area contributed by atoms with Crippen molar-refractivity contribution in [2.75, 3.05) is 0 Å². The first kappa shape index (κ1) is 9.67. The van der Waals surface area contributed by atoms with Gasteiger partial charge in [-0.3, -0.25) is 4.79 Å². The van der Waals surface area contributed by atoms with Gasteiger partial charge in [0.1, 0.15) is 0 Å². The summed E-state index contributed by atoms with van der Waals surface area (Å²) in [6.07, 6.45) is -4.90. The molecule has 11 heavy (non-hydrogen) atoms. The molecule has 0 fully saturated rings. The van der Waals surface area contributed by atoms with Crippen molar-refractivity contribution in [1.82, 2.24) is 0 Å². The molecule has 0 aliphatic heterocycles. The molecule has 0 radical (unpaired) electrons. The highest BCUT2D eigenvalue weighted by molar-refractivity contribution is 5.98. The number of allylic oxidation sites excluding steroid dienone is 1. The van der Waals surface area contributed by atoms with Crippen molar-refractivity contribution in [3.05, 3.63) is 12.2 Å². The Morgan fingerprint density at radius 3 is 1.91 bits per heavy atom. The van der Waals surface area contributed by atoms with Gasteiger partial charge in [0.15, 0.2) is 0 Å². The number of carboxylic acids is 1. The zero-order chi connectivity index (χ0) is 9.07. The SMILES string of the molecule is O=C(O)/C=C\C(=O)C(F)(F)F. The number of carbonyl (C=O) groups is 2. The summed E-state index contributed by atoms with van der Waals surface area (Å²) >= 11 is 0. The van der Waals surface area contributed by atoms with Gasteiger partial charge in [0.2, 0.25) is 0 Å². The predicted octanol–water partition coefficient (Wildman–Crippen LogP) is 0.759. The van der Waals surface area contributed by atoms with E-state index >= 15 is 0 Å². The van der Waals surface area contributed by atoms with Gasteiger partial charge in [0, 0.05) is 6.08 Å². The molecule has 0 saturated heterocycles. The summed E-state index contributed by atoms with van der Waals surface area (Å²) < 4.78 is 33.9. The fourth-order valence-electron chi connectivity index (χ4n) is 0.241.